The van der Waals surface area contributed by atoms with Gasteiger partial charge in [-0.15, -0.1) is 0 Å². The zero-order valence-corrected chi connectivity index (χ0v) is 12.7. The number of nitrogens with zero attached hydrogens (tertiary/aromatic N) is 1. The van der Waals surface area contributed by atoms with Gasteiger partial charge in [0.2, 0.25) is 0 Å². The largest absolute Gasteiger partial charge is 0.315 e. The highest BCUT2D eigenvalue weighted by molar-refractivity contribution is 5.15. The summed E-state index contributed by atoms with van der Waals surface area (Å²) in [6, 6.07) is 7.40. The summed E-state index contributed by atoms with van der Waals surface area (Å²) in [5.74, 6) is 0.649. The fourth-order valence-corrected chi connectivity index (χ4v) is 3.31. The van der Waals surface area contributed by atoms with Crippen LogP contribution in [0.2, 0.25) is 0 Å². The van der Waals surface area contributed by atoms with E-state index in [1.54, 1.807) is 12.1 Å². The van der Waals surface area contributed by atoms with Crippen LogP contribution < -0.4 is 5.32 Å². The first-order chi connectivity index (χ1) is 9.69. The normalized spacial score (nSPS) is 18.4. The van der Waals surface area contributed by atoms with Gasteiger partial charge < -0.3 is 10.2 Å². The van der Waals surface area contributed by atoms with Crippen molar-refractivity contribution in [1.29, 1.82) is 0 Å². The molecule has 2 nitrogen and oxygen atoms in total. The van der Waals surface area contributed by atoms with E-state index >= 15 is 0 Å². The molecular formula is C17H27FN2. The molecule has 2 rings (SSSR count). The number of hydrogen-bond acceptors (Lipinski definition) is 2. The van der Waals surface area contributed by atoms with Crippen LogP contribution in [-0.4, -0.2) is 31.6 Å². The number of rotatable bonds is 6. The fourth-order valence-electron chi connectivity index (χ4n) is 3.31. The summed E-state index contributed by atoms with van der Waals surface area (Å²) in [5.41, 5.74) is 1.17. The summed E-state index contributed by atoms with van der Waals surface area (Å²) in [6.07, 6.45) is 6.87. The zero-order valence-electron chi connectivity index (χ0n) is 12.7. The monoisotopic (exact) mass is 278 g/mol. The lowest BCUT2D eigenvalue weighted by molar-refractivity contribution is 0.208. The lowest BCUT2D eigenvalue weighted by Crippen LogP contribution is -2.43. The molecular weight excluding hydrogens is 251 g/mol. The summed E-state index contributed by atoms with van der Waals surface area (Å²) in [5, 5.41) is 3.50. The van der Waals surface area contributed by atoms with Crippen LogP contribution in [0.1, 0.15) is 37.7 Å². The van der Waals surface area contributed by atoms with Crippen LogP contribution >= 0.6 is 0 Å². The van der Waals surface area contributed by atoms with Crippen LogP contribution in [0.5, 0.6) is 0 Å². The van der Waals surface area contributed by atoms with Crippen molar-refractivity contribution in [3.63, 3.8) is 0 Å². The molecule has 0 spiro atoms. The second-order valence-corrected chi connectivity index (χ2v) is 6.12. The van der Waals surface area contributed by atoms with Crippen molar-refractivity contribution in [2.75, 3.05) is 20.6 Å². The first-order valence-electron chi connectivity index (χ1n) is 7.79. The van der Waals surface area contributed by atoms with Crippen LogP contribution in [0.15, 0.2) is 24.3 Å². The van der Waals surface area contributed by atoms with Crippen molar-refractivity contribution in [3.8, 4) is 0 Å². The molecule has 1 unspecified atom stereocenters. The number of nitrogens with one attached hydrogen (secondary N) is 1. The molecule has 112 valence electrons. The Kier molecular flexibility index (Phi) is 5.99. The molecule has 3 heteroatoms. The van der Waals surface area contributed by atoms with Gasteiger partial charge in [-0.25, -0.2) is 4.39 Å². The predicted octanol–water partition coefficient (Wildman–Crippen LogP) is 3.43. The van der Waals surface area contributed by atoms with E-state index in [1.807, 2.05) is 12.1 Å². The van der Waals surface area contributed by atoms with Gasteiger partial charge in [0.1, 0.15) is 5.82 Å². The fraction of sp³-hybridized carbons (Fsp3) is 0.647. The second-order valence-electron chi connectivity index (χ2n) is 6.12. The minimum absolute atomic E-state index is 0.160. The SMILES string of the molecule is CNC(CN(C)Cc1ccc(F)cc1)C1CCCCC1. The number of hydrogen-bond donors (Lipinski definition) is 1. The van der Waals surface area contributed by atoms with E-state index < -0.39 is 0 Å². The Morgan fingerprint density at radius 1 is 1.20 bits per heavy atom. The quantitative estimate of drug-likeness (QED) is 0.857. The van der Waals surface area contributed by atoms with Crippen molar-refractivity contribution < 1.29 is 4.39 Å². The number of benzene rings is 1. The molecule has 1 aliphatic carbocycles. The Hall–Kier alpha value is -0.930. The van der Waals surface area contributed by atoms with Crippen LogP contribution in [0.4, 0.5) is 4.39 Å². The Morgan fingerprint density at radius 2 is 1.85 bits per heavy atom. The predicted molar refractivity (Wildman–Crippen MR) is 82.2 cm³/mol. The van der Waals surface area contributed by atoms with Gasteiger partial charge in [-0.05, 0) is 50.6 Å². The lowest BCUT2D eigenvalue weighted by atomic mass is 9.83. The first-order valence-corrected chi connectivity index (χ1v) is 7.79. The van der Waals surface area contributed by atoms with Gasteiger partial charge in [-0.3, -0.25) is 0 Å². The topological polar surface area (TPSA) is 15.3 Å². The van der Waals surface area contributed by atoms with Gasteiger partial charge in [0, 0.05) is 19.1 Å². The standard InChI is InChI=1S/C17H27FN2/c1-19-17(15-6-4-3-5-7-15)13-20(2)12-14-8-10-16(18)11-9-14/h8-11,15,17,19H,3-7,12-13H2,1-2H3. The molecule has 0 bridgehead atoms. The highest BCUT2D eigenvalue weighted by Gasteiger charge is 2.23. The molecule has 1 atom stereocenters. The van der Waals surface area contributed by atoms with E-state index in [-0.39, 0.29) is 5.82 Å². The molecule has 0 heterocycles. The smallest absolute Gasteiger partial charge is 0.123 e. The average molecular weight is 278 g/mol. The van der Waals surface area contributed by atoms with Gasteiger partial charge in [0.05, 0.1) is 0 Å². The molecule has 1 saturated carbocycles. The van der Waals surface area contributed by atoms with Crippen LogP contribution in [-0.2, 0) is 6.54 Å². The Labute approximate surface area is 122 Å². The molecule has 0 aliphatic heterocycles. The second kappa shape index (κ2) is 7.75. The van der Waals surface area contributed by atoms with E-state index in [0.717, 1.165) is 19.0 Å². The third-order valence-corrected chi connectivity index (χ3v) is 4.46. The zero-order chi connectivity index (χ0) is 14.4. The summed E-state index contributed by atoms with van der Waals surface area (Å²) in [4.78, 5) is 2.34. The maximum absolute atomic E-state index is 12.9. The van der Waals surface area contributed by atoms with E-state index in [4.69, 9.17) is 0 Å². The molecule has 20 heavy (non-hydrogen) atoms. The minimum atomic E-state index is -0.160. The Bertz CT molecular complexity index is 384. The molecule has 1 N–H and O–H groups in total. The minimum Gasteiger partial charge on any atom is -0.315 e. The van der Waals surface area contributed by atoms with E-state index in [9.17, 15) is 4.39 Å². The van der Waals surface area contributed by atoms with Gasteiger partial charge in [0.15, 0.2) is 0 Å². The molecule has 1 fully saturated rings. The summed E-state index contributed by atoms with van der Waals surface area (Å²) >= 11 is 0. The average Bonchev–Trinajstić information content (AvgIpc) is 2.48. The van der Waals surface area contributed by atoms with Gasteiger partial charge >= 0.3 is 0 Å². The third-order valence-electron chi connectivity index (χ3n) is 4.46. The third kappa shape index (κ3) is 4.57. The van der Waals surface area contributed by atoms with Crippen LogP contribution in [0, 0.1) is 11.7 Å². The van der Waals surface area contributed by atoms with E-state index in [2.05, 4.69) is 24.3 Å². The van der Waals surface area contributed by atoms with Crippen LogP contribution in [0.25, 0.3) is 0 Å². The maximum atomic E-state index is 12.9. The van der Waals surface area contributed by atoms with Crippen molar-refractivity contribution in [2.45, 2.75) is 44.7 Å². The maximum Gasteiger partial charge on any atom is 0.123 e. The molecule has 0 saturated heterocycles. The number of halogens is 1. The Morgan fingerprint density at radius 3 is 2.45 bits per heavy atom. The summed E-state index contributed by atoms with van der Waals surface area (Å²) in [6.45, 7) is 1.93. The molecule has 1 aromatic rings. The van der Waals surface area contributed by atoms with Crippen molar-refractivity contribution in [3.05, 3.63) is 35.6 Å². The summed E-state index contributed by atoms with van der Waals surface area (Å²) < 4.78 is 12.9. The highest BCUT2D eigenvalue weighted by atomic mass is 19.1. The first kappa shape index (κ1) is 15.5. The Balaban J connectivity index is 1.84. The highest BCUT2D eigenvalue weighted by Crippen LogP contribution is 2.26. The molecule has 1 aliphatic rings. The lowest BCUT2D eigenvalue weighted by Gasteiger charge is -2.33. The van der Waals surface area contributed by atoms with Gasteiger partial charge in [0.25, 0.3) is 0 Å². The van der Waals surface area contributed by atoms with Gasteiger partial charge in [-0.1, -0.05) is 31.4 Å². The van der Waals surface area contributed by atoms with Crippen molar-refractivity contribution in [1.82, 2.24) is 10.2 Å². The molecule has 1 aromatic carbocycles. The van der Waals surface area contributed by atoms with Crippen LogP contribution in [0.3, 0.4) is 0 Å². The summed E-state index contributed by atoms with van der Waals surface area (Å²) in [7, 11) is 4.22. The number of likely N-dealkylation sites (N-methyl/N-ethyl adjacent to an activating group) is 2. The van der Waals surface area contributed by atoms with Crippen molar-refractivity contribution >= 4 is 0 Å². The van der Waals surface area contributed by atoms with E-state index in [0.29, 0.717) is 6.04 Å². The van der Waals surface area contributed by atoms with E-state index in [1.165, 1.54) is 37.7 Å². The molecule has 0 radical (unpaired) electrons. The molecule has 0 amide bonds. The van der Waals surface area contributed by atoms with Crippen molar-refractivity contribution in [2.24, 2.45) is 5.92 Å². The van der Waals surface area contributed by atoms with Gasteiger partial charge in [-0.2, -0.15) is 0 Å². The molecule has 0 aromatic heterocycles.